The van der Waals surface area contributed by atoms with Crippen molar-refractivity contribution in [2.24, 2.45) is 4.99 Å². The van der Waals surface area contributed by atoms with Crippen LogP contribution in [-0.4, -0.2) is 22.9 Å². The number of aromatic nitrogens is 1. The molecule has 0 fully saturated rings. The zero-order valence-electron chi connectivity index (χ0n) is 17.1. The summed E-state index contributed by atoms with van der Waals surface area (Å²) < 4.78 is 16.6. The predicted molar refractivity (Wildman–Crippen MR) is 123 cm³/mol. The first-order valence-corrected chi connectivity index (χ1v) is 10.2. The van der Waals surface area contributed by atoms with Crippen molar-refractivity contribution in [3.63, 3.8) is 0 Å². The summed E-state index contributed by atoms with van der Waals surface area (Å²) in [6.07, 6.45) is 1.44. The number of aliphatic imine (C=N–C) groups is 1. The number of ether oxygens (including phenoxy) is 2. The summed E-state index contributed by atoms with van der Waals surface area (Å²) in [7, 11) is 0. The fourth-order valence-corrected chi connectivity index (χ4v) is 3.88. The van der Waals surface area contributed by atoms with Gasteiger partial charge in [0, 0.05) is 11.8 Å². The molecule has 1 aromatic heterocycles. The van der Waals surface area contributed by atoms with Gasteiger partial charge in [-0.1, -0.05) is 36.4 Å². The highest BCUT2D eigenvalue weighted by molar-refractivity contribution is 5.96. The topological polar surface area (TPSA) is 100.0 Å². The third kappa shape index (κ3) is 3.34. The van der Waals surface area contributed by atoms with Crippen molar-refractivity contribution in [3.05, 3.63) is 88.5 Å². The van der Waals surface area contributed by atoms with Crippen LogP contribution in [0.1, 0.15) is 5.56 Å². The first-order chi connectivity index (χ1) is 16.2. The molecule has 8 nitrogen and oxygen atoms in total. The molecule has 0 saturated carbocycles. The number of nitro benzene ring substituents is 1. The lowest BCUT2D eigenvalue weighted by atomic mass is 10.0. The molecule has 160 valence electrons. The van der Waals surface area contributed by atoms with Crippen molar-refractivity contribution < 1.29 is 18.8 Å². The summed E-state index contributed by atoms with van der Waals surface area (Å²) in [5, 5.41) is 13.6. The van der Waals surface area contributed by atoms with Crippen molar-refractivity contribution in [2.45, 2.75) is 0 Å². The van der Waals surface area contributed by atoms with Gasteiger partial charge in [-0.15, -0.1) is 0 Å². The average Bonchev–Trinajstić information content (AvgIpc) is 3.47. The van der Waals surface area contributed by atoms with E-state index in [1.54, 1.807) is 24.3 Å². The smallest absolute Gasteiger partial charge is 0.282 e. The van der Waals surface area contributed by atoms with Crippen molar-refractivity contribution in [2.75, 3.05) is 6.79 Å². The molecule has 4 aromatic carbocycles. The van der Waals surface area contributed by atoms with E-state index in [-0.39, 0.29) is 12.5 Å². The molecule has 1 aliphatic rings. The minimum absolute atomic E-state index is 0.0367. The zero-order valence-corrected chi connectivity index (χ0v) is 17.1. The summed E-state index contributed by atoms with van der Waals surface area (Å²) in [4.78, 5) is 20.1. The molecule has 0 unspecified atom stereocenters. The summed E-state index contributed by atoms with van der Waals surface area (Å²) in [5.41, 5.74) is 2.99. The Balaban J connectivity index is 1.37. The third-order valence-corrected chi connectivity index (χ3v) is 5.46. The largest absolute Gasteiger partial charge is 0.454 e. The van der Waals surface area contributed by atoms with E-state index in [9.17, 15) is 10.1 Å². The van der Waals surface area contributed by atoms with Gasteiger partial charge in [0.05, 0.1) is 22.2 Å². The zero-order chi connectivity index (χ0) is 22.4. The molecule has 0 bridgehead atoms. The van der Waals surface area contributed by atoms with Gasteiger partial charge in [-0.05, 0) is 41.1 Å². The van der Waals surface area contributed by atoms with Crippen molar-refractivity contribution >= 4 is 39.5 Å². The molecule has 0 N–H and O–H groups in total. The molecule has 0 amide bonds. The van der Waals surface area contributed by atoms with E-state index >= 15 is 0 Å². The fraction of sp³-hybridized carbons (Fsp3) is 0.0400. The number of fused-ring (bicyclic) bond motifs is 3. The standard InChI is InChI=1S/C25H15N3O5/c29-28(30)21-12-24-23(31-14-32-24)10-16(21)13-26-17-8-9-22-20(11-17)27-25(33-22)19-7-3-5-15-4-1-2-6-18(15)19/h1-13H,14H2. The van der Waals surface area contributed by atoms with E-state index < -0.39 is 4.92 Å². The third-order valence-electron chi connectivity index (χ3n) is 5.46. The second-order valence-corrected chi connectivity index (χ2v) is 7.48. The molecule has 33 heavy (non-hydrogen) atoms. The highest BCUT2D eigenvalue weighted by Gasteiger charge is 2.22. The van der Waals surface area contributed by atoms with Crippen LogP contribution in [0.15, 0.2) is 82.2 Å². The minimum Gasteiger partial charge on any atom is -0.454 e. The second kappa shape index (κ2) is 7.45. The average molecular weight is 437 g/mol. The van der Waals surface area contributed by atoms with Crippen LogP contribution in [0.5, 0.6) is 11.5 Å². The molecule has 8 heteroatoms. The lowest BCUT2D eigenvalue weighted by Gasteiger charge is -2.01. The highest BCUT2D eigenvalue weighted by atomic mass is 16.7. The number of nitro groups is 1. The van der Waals surface area contributed by atoms with E-state index in [0.29, 0.717) is 39.7 Å². The molecule has 1 aliphatic heterocycles. The number of oxazole rings is 1. The predicted octanol–water partition coefficient (Wildman–Crippen LogP) is 6.04. The van der Waals surface area contributed by atoms with Crippen molar-refractivity contribution in [1.82, 2.24) is 4.98 Å². The quantitative estimate of drug-likeness (QED) is 0.193. The van der Waals surface area contributed by atoms with Crippen molar-refractivity contribution in [3.8, 4) is 23.0 Å². The molecule has 0 aliphatic carbocycles. The first kappa shape index (κ1) is 19.0. The Morgan fingerprint density at radius 1 is 0.970 bits per heavy atom. The Bertz CT molecular complexity index is 1580. The number of rotatable bonds is 4. The number of hydrogen-bond acceptors (Lipinski definition) is 7. The van der Waals surface area contributed by atoms with Gasteiger partial charge in [0.15, 0.2) is 17.1 Å². The SMILES string of the molecule is O=[N+]([O-])c1cc2c(cc1C=Nc1ccc3oc(-c4cccc5ccccc45)nc3c1)OCO2. The van der Waals surface area contributed by atoms with E-state index in [0.717, 1.165) is 16.3 Å². The maximum atomic E-state index is 11.5. The Morgan fingerprint density at radius 3 is 2.67 bits per heavy atom. The molecule has 0 spiro atoms. The number of nitrogens with zero attached hydrogens (tertiary/aromatic N) is 3. The van der Waals surface area contributed by atoms with Crippen LogP contribution in [0.2, 0.25) is 0 Å². The van der Waals surface area contributed by atoms with Gasteiger partial charge in [0.2, 0.25) is 12.7 Å². The van der Waals surface area contributed by atoms with E-state index in [1.807, 2.05) is 42.5 Å². The first-order valence-electron chi connectivity index (χ1n) is 10.2. The molecular formula is C25H15N3O5. The monoisotopic (exact) mass is 437 g/mol. The van der Waals surface area contributed by atoms with Gasteiger partial charge in [-0.25, -0.2) is 4.98 Å². The lowest BCUT2D eigenvalue weighted by Crippen LogP contribution is -1.94. The normalized spacial score (nSPS) is 12.7. The van der Waals surface area contributed by atoms with E-state index in [1.165, 1.54) is 12.3 Å². The van der Waals surface area contributed by atoms with Crippen LogP contribution in [0.3, 0.4) is 0 Å². The summed E-state index contributed by atoms with van der Waals surface area (Å²) in [6.45, 7) is 0.0367. The summed E-state index contributed by atoms with van der Waals surface area (Å²) >= 11 is 0. The number of benzene rings is 4. The minimum atomic E-state index is -0.472. The van der Waals surface area contributed by atoms with Crippen LogP contribution >= 0.6 is 0 Å². The van der Waals surface area contributed by atoms with Crippen LogP contribution < -0.4 is 9.47 Å². The molecule has 2 heterocycles. The molecule has 0 atom stereocenters. The van der Waals surface area contributed by atoms with Gasteiger partial charge in [-0.2, -0.15) is 0 Å². The van der Waals surface area contributed by atoms with Gasteiger partial charge >= 0.3 is 0 Å². The summed E-state index contributed by atoms with van der Waals surface area (Å²) in [6, 6.07) is 22.3. The van der Waals surface area contributed by atoms with Gasteiger partial charge in [-0.3, -0.25) is 15.1 Å². The van der Waals surface area contributed by atoms with Gasteiger partial charge in [0.25, 0.3) is 5.69 Å². The highest BCUT2D eigenvalue weighted by Crippen LogP contribution is 2.37. The second-order valence-electron chi connectivity index (χ2n) is 7.48. The Hall–Kier alpha value is -4.72. The molecular weight excluding hydrogens is 422 g/mol. The number of hydrogen-bond donors (Lipinski definition) is 0. The van der Waals surface area contributed by atoms with Crippen molar-refractivity contribution in [1.29, 1.82) is 0 Å². The Morgan fingerprint density at radius 2 is 1.79 bits per heavy atom. The molecule has 5 aromatic rings. The molecule has 0 radical (unpaired) electrons. The Labute approximate surface area is 186 Å². The van der Waals surface area contributed by atoms with Crippen LogP contribution in [0, 0.1) is 10.1 Å². The van der Waals surface area contributed by atoms with Crippen LogP contribution in [0.25, 0.3) is 33.3 Å². The molecule has 0 saturated heterocycles. The summed E-state index contributed by atoms with van der Waals surface area (Å²) in [5.74, 6) is 1.33. The van der Waals surface area contributed by atoms with Crippen LogP contribution in [-0.2, 0) is 0 Å². The van der Waals surface area contributed by atoms with Gasteiger partial charge in [0.1, 0.15) is 5.52 Å². The fourth-order valence-electron chi connectivity index (χ4n) is 3.88. The maximum absolute atomic E-state index is 11.5. The van der Waals surface area contributed by atoms with E-state index in [2.05, 4.69) is 9.98 Å². The maximum Gasteiger partial charge on any atom is 0.282 e. The Kier molecular flexibility index (Phi) is 4.29. The lowest BCUT2D eigenvalue weighted by molar-refractivity contribution is -0.385. The molecule has 6 rings (SSSR count). The van der Waals surface area contributed by atoms with E-state index in [4.69, 9.17) is 13.9 Å². The van der Waals surface area contributed by atoms with Crippen LogP contribution in [0.4, 0.5) is 11.4 Å². The van der Waals surface area contributed by atoms with Gasteiger partial charge < -0.3 is 13.9 Å².